The van der Waals surface area contributed by atoms with Gasteiger partial charge in [-0.25, -0.2) is 4.98 Å². The van der Waals surface area contributed by atoms with E-state index in [1.807, 2.05) is 6.07 Å². The summed E-state index contributed by atoms with van der Waals surface area (Å²) in [7, 11) is 0. The largest absolute Gasteiger partial charge is 0.384 e. The summed E-state index contributed by atoms with van der Waals surface area (Å²) >= 11 is 0. The smallest absolute Gasteiger partial charge is 0.123 e. The maximum Gasteiger partial charge on any atom is 0.123 e. The van der Waals surface area contributed by atoms with Crippen LogP contribution in [0, 0.1) is 0 Å². The zero-order valence-corrected chi connectivity index (χ0v) is 7.49. The van der Waals surface area contributed by atoms with E-state index < -0.39 is 0 Å². The Labute approximate surface area is 78.0 Å². The van der Waals surface area contributed by atoms with Gasteiger partial charge in [0.05, 0.1) is 0 Å². The highest BCUT2D eigenvalue weighted by atomic mass is 35.5. The van der Waals surface area contributed by atoms with Crippen LogP contribution in [0.3, 0.4) is 0 Å². The molecule has 1 rings (SSSR count). The minimum atomic E-state index is 0. The summed E-state index contributed by atoms with van der Waals surface area (Å²) in [5.74, 6) is 0.534. The van der Waals surface area contributed by atoms with Gasteiger partial charge in [-0.3, -0.25) is 0 Å². The lowest BCUT2D eigenvalue weighted by Gasteiger charge is -1.93. The van der Waals surface area contributed by atoms with Gasteiger partial charge in [0.15, 0.2) is 0 Å². The average Bonchev–Trinajstić information content (AvgIpc) is 1.90. The Morgan fingerprint density at radius 2 is 1.91 bits per heavy atom. The van der Waals surface area contributed by atoms with Crippen LogP contribution >= 0.6 is 24.8 Å². The fraction of sp³-hybridized carbons (Fsp3) is 0.167. The number of hydrogen-bond acceptors (Lipinski definition) is 3. The SMILES string of the molecule is Cl.Cl.NCc1ccc(N)nc1. The summed E-state index contributed by atoms with van der Waals surface area (Å²) in [4.78, 5) is 3.85. The van der Waals surface area contributed by atoms with Gasteiger partial charge in [0.1, 0.15) is 5.82 Å². The molecule has 0 atom stereocenters. The quantitative estimate of drug-likeness (QED) is 0.703. The average molecular weight is 196 g/mol. The molecule has 1 aromatic rings. The number of rotatable bonds is 1. The lowest BCUT2D eigenvalue weighted by molar-refractivity contribution is 1.05. The number of nitrogen functional groups attached to an aromatic ring is 1. The molecule has 1 aromatic heterocycles. The van der Waals surface area contributed by atoms with Crippen molar-refractivity contribution in [3.63, 3.8) is 0 Å². The molecular formula is C6H11Cl2N3. The predicted octanol–water partition coefficient (Wildman–Crippen LogP) is 0.966. The van der Waals surface area contributed by atoms with Crippen molar-refractivity contribution in [3.05, 3.63) is 23.9 Å². The molecule has 0 aliphatic rings. The second-order valence-corrected chi connectivity index (χ2v) is 1.80. The van der Waals surface area contributed by atoms with Crippen LogP contribution in [0.5, 0.6) is 0 Å². The number of nitrogens with zero attached hydrogens (tertiary/aromatic N) is 1. The third kappa shape index (κ3) is 4.03. The lowest BCUT2D eigenvalue weighted by Crippen LogP contribution is -1.97. The van der Waals surface area contributed by atoms with Crippen molar-refractivity contribution in [2.45, 2.75) is 6.54 Å². The molecule has 0 fully saturated rings. The molecule has 0 bridgehead atoms. The zero-order valence-electron chi connectivity index (χ0n) is 5.86. The molecule has 0 aliphatic heterocycles. The van der Waals surface area contributed by atoms with E-state index in [9.17, 15) is 0 Å². The number of anilines is 1. The van der Waals surface area contributed by atoms with Gasteiger partial charge >= 0.3 is 0 Å². The minimum absolute atomic E-state index is 0. The van der Waals surface area contributed by atoms with Crippen molar-refractivity contribution in [2.75, 3.05) is 5.73 Å². The summed E-state index contributed by atoms with van der Waals surface area (Å²) in [6.45, 7) is 0.521. The van der Waals surface area contributed by atoms with E-state index in [0.29, 0.717) is 12.4 Å². The number of aromatic nitrogens is 1. The van der Waals surface area contributed by atoms with E-state index in [4.69, 9.17) is 11.5 Å². The Bertz CT molecular complexity index is 188. The van der Waals surface area contributed by atoms with E-state index in [1.54, 1.807) is 12.3 Å². The van der Waals surface area contributed by atoms with Crippen molar-refractivity contribution in [1.82, 2.24) is 4.98 Å². The second kappa shape index (κ2) is 6.22. The van der Waals surface area contributed by atoms with E-state index in [2.05, 4.69) is 4.98 Å². The molecule has 0 radical (unpaired) electrons. The van der Waals surface area contributed by atoms with Gasteiger partial charge in [0.2, 0.25) is 0 Å². The first-order valence-corrected chi connectivity index (χ1v) is 2.73. The Kier molecular flexibility index (Phi) is 7.41. The van der Waals surface area contributed by atoms with Crippen LogP contribution in [0.15, 0.2) is 18.3 Å². The van der Waals surface area contributed by atoms with E-state index in [0.717, 1.165) is 5.56 Å². The van der Waals surface area contributed by atoms with E-state index in [-0.39, 0.29) is 24.8 Å². The molecule has 11 heavy (non-hydrogen) atoms. The monoisotopic (exact) mass is 195 g/mol. The predicted molar refractivity (Wildman–Crippen MR) is 51.0 cm³/mol. The number of nitrogens with two attached hydrogens (primary N) is 2. The lowest BCUT2D eigenvalue weighted by atomic mass is 10.3. The van der Waals surface area contributed by atoms with Gasteiger partial charge in [-0.1, -0.05) is 6.07 Å². The molecule has 0 spiro atoms. The summed E-state index contributed by atoms with van der Waals surface area (Å²) in [5, 5.41) is 0. The summed E-state index contributed by atoms with van der Waals surface area (Å²) in [6, 6.07) is 3.60. The first-order valence-electron chi connectivity index (χ1n) is 2.73. The van der Waals surface area contributed by atoms with Gasteiger partial charge in [0.25, 0.3) is 0 Å². The topological polar surface area (TPSA) is 64.9 Å². The normalized spacial score (nSPS) is 7.73. The number of halogens is 2. The summed E-state index contributed by atoms with van der Waals surface area (Å²) in [5.41, 5.74) is 11.7. The molecule has 64 valence electrons. The first-order chi connectivity index (χ1) is 4.33. The highest BCUT2D eigenvalue weighted by Gasteiger charge is 1.86. The van der Waals surface area contributed by atoms with E-state index in [1.165, 1.54) is 0 Å². The standard InChI is InChI=1S/C6H9N3.2ClH/c7-3-5-1-2-6(8)9-4-5;;/h1-2,4H,3,7H2,(H2,8,9);2*1H. The van der Waals surface area contributed by atoms with Crippen molar-refractivity contribution in [2.24, 2.45) is 5.73 Å². The Balaban J connectivity index is 0. The van der Waals surface area contributed by atoms with Gasteiger partial charge < -0.3 is 11.5 Å². The van der Waals surface area contributed by atoms with Crippen LogP contribution in [0.2, 0.25) is 0 Å². The number of hydrogen-bond donors (Lipinski definition) is 2. The van der Waals surface area contributed by atoms with Crippen LogP contribution in [-0.4, -0.2) is 4.98 Å². The third-order valence-corrected chi connectivity index (χ3v) is 1.08. The van der Waals surface area contributed by atoms with Gasteiger partial charge in [-0.05, 0) is 11.6 Å². The van der Waals surface area contributed by atoms with Crippen molar-refractivity contribution >= 4 is 30.6 Å². The molecule has 0 saturated carbocycles. The summed E-state index contributed by atoms with van der Waals surface area (Å²) < 4.78 is 0. The Morgan fingerprint density at radius 3 is 2.27 bits per heavy atom. The molecule has 0 unspecified atom stereocenters. The zero-order chi connectivity index (χ0) is 6.69. The Morgan fingerprint density at radius 1 is 1.27 bits per heavy atom. The van der Waals surface area contributed by atoms with Crippen LogP contribution in [-0.2, 0) is 6.54 Å². The van der Waals surface area contributed by atoms with Crippen molar-refractivity contribution < 1.29 is 0 Å². The molecular weight excluding hydrogens is 185 g/mol. The Hall–Kier alpha value is -0.510. The molecule has 0 saturated heterocycles. The van der Waals surface area contributed by atoms with Crippen molar-refractivity contribution in [3.8, 4) is 0 Å². The summed E-state index contributed by atoms with van der Waals surface area (Å²) in [6.07, 6.45) is 1.68. The molecule has 3 nitrogen and oxygen atoms in total. The van der Waals surface area contributed by atoms with Crippen LogP contribution in [0.25, 0.3) is 0 Å². The molecule has 0 amide bonds. The van der Waals surface area contributed by atoms with Gasteiger partial charge in [0, 0.05) is 12.7 Å². The van der Waals surface area contributed by atoms with Crippen molar-refractivity contribution in [1.29, 1.82) is 0 Å². The third-order valence-electron chi connectivity index (χ3n) is 1.08. The molecule has 5 heteroatoms. The molecule has 4 N–H and O–H groups in total. The highest BCUT2D eigenvalue weighted by Crippen LogP contribution is 1.98. The molecule has 0 aromatic carbocycles. The van der Waals surface area contributed by atoms with Crippen LogP contribution < -0.4 is 11.5 Å². The van der Waals surface area contributed by atoms with Crippen LogP contribution in [0.1, 0.15) is 5.56 Å². The maximum absolute atomic E-state index is 5.33. The van der Waals surface area contributed by atoms with Gasteiger partial charge in [-0.15, -0.1) is 24.8 Å². The van der Waals surface area contributed by atoms with Crippen LogP contribution in [0.4, 0.5) is 5.82 Å². The molecule has 1 heterocycles. The second-order valence-electron chi connectivity index (χ2n) is 1.80. The molecule has 0 aliphatic carbocycles. The fourth-order valence-corrected chi connectivity index (χ4v) is 0.557. The maximum atomic E-state index is 5.33. The van der Waals surface area contributed by atoms with Gasteiger partial charge in [-0.2, -0.15) is 0 Å². The minimum Gasteiger partial charge on any atom is -0.384 e. The number of pyridine rings is 1. The first kappa shape index (κ1) is 13.1. The highest BCUT2D eigenvalue weighted by molar-refractivity contribution is 5.85. The fourth-order valence-electron chi connectivity index (χ4n) is 0.557. The van der Waals surface area contributed by atoms with E-state index >= 15 is 0 Å².